The summed E-state index contributed by atoms with van der Waals surface area (Å²) in [7, 11) is 0. The quantitative estimate of drug-likeness (QED) is 0.647. The minimum atomic E-state index is -0.641. The Morgan fingerprint density at radius 2 is 1.54 bits per heavy atom. The molecule has 4 bridgehead atoms. The first-order valence-corrected chi connectivity index (χ1v) is 8.08. The average Bonchev–Trinajstić information content (AvgIpc) is 2.94. The SMILES string of the molecule is C=CC(=O)n1c(=O)oc2c3ccc(c21)CCc1ccc(cc1)CC3. The molecule has 1 aromatic heterocycles. The molecule has 0 saturated heterocycles. The lowest BCUT2D eigenvalue weighted by molar-refractivity contribution is 0.0965. The molecule has 0 atom stereocenters. The van der Waals surface area contributed by atoms with Crippen molar-refractivity contribution in [3.63, 3.8) is 0 Å². The molecule has 0 aliphatic heterocycles. The Morgan fingerprint density at radius 1 is 0.958 bits per heavy atom. The zero-order valence-electron chi connectivity index (χ0n) is 13.2. The molecule has 24 heavy (non-hydrogen) atoms. The van der Waals surface area contributed by atoms with Crippen molar-refractivity contribution in [2.45, 2.75) is 25.7 Å². The number of aryl methyl sites for hydroxylation is 4. The maximum atomic E-state index is 12.2. The molecule has 0 amide bonds. The van der Waals surface area contributed by atoms with Crippen LogP contribution in [0.5, 0.6) is 0 Å². The Kier molecular flexibility index (Phi) is 3.45. The minimum absolute atomic E-state index is 0.451. The van der Waals surface area contributed by atoms with Gasteiger partial charge in [0.15, 0.2) is 5.58 Å². The third kappa shape index (κ3) is 2.31. The first-order chi connectivity index (χ1) is 11.7. The van der Waals surface area contributed by atoms with E-state index in [2.05, 4.69) is 30.8 Å². The van der Waals surface area contributed by atoms with Gasteiger partial charge in [0.2, 0.25) is 0 Å². The zero-order valence-corrected chi connectivity index (χ0v) is 13.2. The Balaban J connectivity index is 1.97. The van der Waals surface area contributed by atoms with E-state index in [0.29, 0.717) is 11.1 Å². The number of benzene rings is 2. The van der Waals surface area contributed by atoms with Crippen LogP contribution in [0.1, 0.15) is 27.0 Å². The molecule has 0 fully saturated rings. The molecule has 0 spiro atoms. The fourth-order valence-corrected chi connectivity index (χ4v) is 3.36. The van der Waals surface area contributed by atoms with Crippen molar-refractivity contribution in [3.8, 4) is 0 Å². The second-order valence-electron chi connectivity index (χ2n) is 6.12. The summed E-state index contributed by atoms with van der Waals surface area (Å²) in [5.74, 6) is -1.09. The van der Waals surface area contributed by atoms with Crippen molar-refractivity contribution in [3.05, 3.63) is 81.9 Å². The highest BCUT2D eigenvalue weighted by atomic mass is 16.4. The normalized spacial score (nSPS) is 13.7. The Hall–Kier alpha value is -2.88. The molecular formula is C20H17NO3. The molecule has 0 N–H and O–H groups in total. The van der Waals surface area contributed by atoms with E-state index in [-0.39, 0.29) is 0 Å². The number of carbonyl (C=O) groups is 1. The van der Waals surface area contributed by atoms with Gasteiger partial charge in [-0.25, -0.2) is 9.36 Å². The summed E-state index contributed by atoms with van der Waals surface area (Å²) in [4.78, 5) is 24.4. The predicted octanol–water partition coefficient (Wildman–Crippen LogP) is 3.30. The van der Waals surface area contributed by atoms with Gasteiger partial charge in [0.25, 0.3) is 5.91 Å². The largest absolute Gasteiger partial charge is 0.427 e. The van der Waals surface area contributed by atoms with Gasteiger partial charge in [-0.05, 0) is 54.0 Å². The van der Waals surface area contributed by atoms with Crippen molar-refractivity contribution in [1.29, 1.82) is 0 Å². The Morgan fingerprint density at radius 3 is 2.17 bits per heavy atom. The van der Waals surface area contributed by atoms with Crippen molar-refractivity contribution in [1.82, 2.24) is 4.57 Å². The lowest BCUT2D eigenvalue weighted by atomic mass is 9.95. The summed E-state index contributed by atoms with van der Waals surface area (Å²) in [6, 6.07) is 12.6. The molecule has 3 aromatic rings. The molecule has 4 nitrogen and oxygen atoms in total. The van der Waals surface area contributed by atoms with Crippen molar-refractivity contribution < 1.29 is 9.21 Å². The van der Waals surface area contributed by atoms with Gasteiger partial charge in [0.05, 0.1) is 0 Å². The smallest absolute Gasteiger partial charge is 0.407 e. The van der Waals surface area contributed by atoms with Crippen LogP contribution in [0, 0.1) is 0 Å². The van der Waals surface area contributed by atoms with Gasteiger partial charge < -0.3 is 4.42 Å². The van der Waals surface area contributed by atoms with E-state index in [1.807, 2.05) is 12.1 Å². The topological polar surface area (TPSA) is 52.2 Å². The molecule has 1 heterocycles. The molecule has 4 aliphatic carbocycles. The van der Waals surface area contributed by atoms with Gasteiger partial charge in [0.1, 0.15) is 5.52 Å². The van der Waals surface area contributed by atoms with Gasteiger partial charge in [0, 0.05) is 0 Å². The van der Waals surface area contributed by atoms with Crippen LogP contribution >= 0.6 is 0 Å². The number of hydrogen-bond acceptors (Lipinski definition) is 3. The molecule has 7 rings (SSSR count). The van der Waals surface area contributed by atoms with Crippen LogP contribution in [0.4, 0.5) is 0 Å². The molecule has 0 radical (unpaired) electrons. The van der Waals surface area contributed by atoms with Crippen LogP contribution in [-0.4, -0.2) is 10.5 Å². The monoisotopic (exact) mass is 319 g/mol. The van der Waals surface area contributed by atoms with Crippen LogP contribution in [0.3, 0.4) is 0 Å². The number of allylic oxidation sites excluding steroid dienone is 1. The molecule has 2 aromatic carbocycles. The summed E-state index contributed by atoms with van der Waals surface area (Å²) in [6.45, 7) is 3.49. The van der Waals surface area contributed by atoms with E-state index in [9.17, 15) is 9.59 Å². The first kappa shape index (κ1) is 14.7. The number of aromatic nitrogens is 1. The molecule has 0 unspecified atom stereocenters. The van der Waals surface area contributed by atoms with Crippen molar-refractivity contribution >= 4 is 17.0 Å². The number of oxazole rings is 1. The van der Waals surface area contributed by atoms with Gasteiger partial charge >= 0.3 is 5.76 Å². The molecule has 4 aliphatic rings. The summed E-state index contributed by atoms with van der Waals surface area (Å²) >= 11 is 0. The summed E-state index contributed by atoms with van der Waals surface area (Å²) in [6.07, 6.45) is 4.34. The molecule has 4 heteroatoms. The molecule has 120 valence electrons. The Bertz CT molecular complexity index is 1010. The number of nitrogens with zero attached hydrogens (tertiary/aromatic N) is 1. The van der Waals surface area contributed by atoms with Crippen molar-refractivity contribution in [2.24, 2.45) is 0 Å². The van der Waals surface area contributed by atoms with Gasteiger partial charge in [-0.2, -0.15) is 0 Å². The zero-order chi connectivity index (χ0) is 16.7. The summed E-state index contributed by atoms with van der Waals surface area (Å²) in [5.41, 5.74) is 5.51. The van der Waals surface area contributed by atoms with E-state index in [0.717, 1.165) is 47.5 Å². The van der Waals surface area contributed by atoms with Crippen LogP contribution in [-0.2, 0) is 25.7 Å². The summed E-state index contributed by atoms with van der Waals surface area (Å²) in [5, 5.41) is 0. The van der Waals surface area contributed by atoms with Crippen LogP contribution in [0.15, 0.2) is 58.3 Å². The third-order valence-corrected chi connectivity index (χ3v) is 4.68. The lowest BCUT2D eigenvalue weighted by Gasteiger charge is -2.11. The molecule has 0 saturated carbocycles. The highest BCUT2D eigenvalue weighted by molar-refractivity contribution is 5.97. The van der Waals surface area contributed by atoms with Crippen LogP contribution in [0.25, 0.3) is 11.1 Å². The highest BCUT2D eigenvalue weighted by Crippen LogP contribution is 2.26. The van der Waals surface area contributed by atoms with E-state index in [1.165, 1.54) is 11.1 Å². The first-order valence-electron chi connectivity index (χ1n) is 8.08. The lowest BCUT2D eigenvalue weighted by Crippen LogP contribution is -2.21. The number of hydrogen-bond donors (Lipinski definition) is 0. The van der Waals surface area contributed by atoms with E-state index in [1.54, 1.807) is 0 Å². The van der Waals surface area contributed by atoms with Gasteiger partial charge in [-0.1, -0.05) is 43.0 Å². The maximum Gasteiger partial charge on any atom is 0.427 e. The van der Waals surface area contributed by atoms with Crippen molar-refractivity contribution in [2.75, 3.05) is 0 Å². The second kappa shape index (κ2) is 5.64. The van der Waals surface area contributed by atoms with E-state index < -0.39 is 11.7 Å². The standard InChI is InChI=1S/C20H17NO3/c1-2-17(22)21-18-15-9-7-13-3-5-14(6-4-13)8-10-16(12-11-15)19(18)24-20(21)23/h2-6,11-12H,1,7-10H2. The molecular weight excluding hydrogens is 302 g/mol. The fourth-order valence-electron chi connectivity index (χ4n) is 3.36. The highest BCUT2D eigenvalue weighted by Gasteiger charge is 2.20. The third-order valence-electron chi connectivity index (χ3n) is 4.68. The minimum Gasteiger partial charge on any atom is -0.407 e. The Labute approximate surface area is 139 Å². The number of carbonyl (C=O) groups excluding carboxylic acids is 1. The summed E-state index contributed by atoms with van der Waals surface area (Å²) < 4.78 is 6.56. The van der Waals surface area contributed by atoms with E-state index >= 15 is 0 Å². The van der Waals surface area contributed by atoms with Gasteiger partial charge in [-0.3, -0.25) is 4.79 Å². The van der Waals surface area contributed by atoms with Crippen LogP contribution < -0.4 is 5.76 Å². The second-order valence-corrected chi connectivity index (χ2v) is 6.12. The van der Waals surface area contributed by atoms with E-state index in [4.69, 9.17) is 4.42 Å². The maximum absolute atomic E-state index is 12.2. The predicted molar refractivity (Wildman–Crippen MR) is 92.6 cm³/mol. The van der Waals surface area contributed by atoms with Gasteiger partial charge in [-0.15, -0.1) is 0 Å². The fraction of sp³-hybridized carbons (Fsp3) is 0.200. The average molecular weight is 319 g/mol. The van der Waals surface area contributed by atoms with Crippen LogP contribution in [0.2, 0.25) is 0 Å². The number of rotatable bonds is 1.